The number of hydrogen-bond acceptors (Lipinski definition) is 4. The molecule has 3 aromatic carbocycles. The van der Waals surface area contributed by atoms with Gasteiger partial charge in [-0.2, -0.15) is 0 Å². The molecule has 1 aromatic heterocycles. The van der Waals surface area contributed by atoms with E-state index in [9.17, 15) is 4.79 Å². The summed E-state index contributed by atoms with van der Waals surface area (Å²) in [6.07, 6.45) is 0. The number of hydrogen-bond donors (Lipinski definition) is 1. The van der Waals surface area contributed by atoms with E-state index in [1.807, 2.05) is 72.8 Å². The lowest BCUT2D eigenvalue weighted by Crippen LogP contribution is -2.29. The van der Waals surface area contributed by atoms with Gasteiger partial charge >= 0.3 is 0 Å². The molecule has 0 aliphatic heterocycles. The monoisotopic (exact) mass is 433 g/mol. The number of rotatable bonds is 5. The highest BCUT2D eigenvalue weighted by molar-refractivity contribution is 9.10. The van der Waals surface area contributed by atoms with E-state index < -0.39 is 6.04 Å². The first-order valence-electron chi connectivity index (χ1n) is 8.71. The van der Waals surface area contributed by atoms with Crippen molar-refractivity contribution >= 4 is 21.8 Å². The van der Waals surface area contributed by atoms with E-state index >= 15 is 0 Å². The van der Waals surface area contributed by atoms with E-state index in [1.165, 1.54) is 0 Å². The second-order valence-electron chi connectivity index (χ2n) is 6.14. The number of aromatic nitrogens is 2. The molecular weight excluding hydrogens is 418 g/mol. The molecule has 1 amide bonds. The first-order valence-corrected chi connectivity index (χ1v) is 9.50. The van der Waals surface area contributed by atoms with Crippen LogP contribution in [0.3, 0.4) is 0 Å². The molecular formula is C22H16BrN3O2. The van der Waals surface area contributed by atoms with Gasteiger partial charge in [-0.05, 0) is 42.0 Å². The van der Waals surface area contributed by atoms with Crippen LogP contribution in [0.1, 0.15) is 27.9 Å². The van der Waals surface area contributed by atoms with Crippen LogP contribution >= 0.6 is 15.9 Å². The minimum absolute atomic E-state index is 0.221. The lowest BCUT2D eigenvalue weighted by atomic mass is 10.1. The Morgan fingerprint density at radius 2 is 1.50 bits per heavy atom. The van der Waals surface area contributed by atoms with Gasteiger partial charge in [0.25, 0.3) is 5.91 Å². The molecule has 1 atom stereocenters. The van der Waals surface area contributed by atoms with Crippen LogP contribution in [0.2, 0.25) is 0 Å². The SMILES string of the molecule is O=C(N[C@H](c1ccccc1)c1nnc(-c2ccccc2)o1)c1ccc(Br)cc1. The zero-order valence-electron chi connectivity index (χ0n) is 14.7. The topological polar surface area (TPSA) is 68.0 Å². The van der Waals surface area contributed by atoms with Crippen LogP contribution < -0.4 is 5.32 Å². The fourth-order valence-electron chi connectivity index (χ4n) is 2.80. The van der Waals surface area contributed by atoms with Crippen molar-refractivity contribution < 1.29 is 9.21 Å². The zero-order valence-corrected chi connectivity index (χ0v) is 16.3. The van der Waals surface area contributed by atoms with Crippen LogP contribution in [-0.4, -0.2) is 16.1 Å². The third kappa shape index (κ3) is 4.02. The van der Waals surface area contributed by atoms with Gasteiger partial charge in [0.1, 0.15) is 6.04 Å². The molecule has 0 unspecified atom stereocenters. The van der Waals surface area contributed by atoms with E-state index in [4.69, 9.17) is 4.42 Å². The summed E-state index contributed by atoms with van der Waals surface area (Å²) in [7, 11) is 0. The van der Waals surface area contributed by atoms with Crippen molar-refractivity contribution in [1.29, 1.82) is 0 Å². The molecule has 0 aliphatic rings. The van der Waals surface area contributed by atoms with Gasteiger partial charge in [-0.3, -0.25) is 4.79 Å². The largest absolute Gasteiger partial charge is 0.418 e. The maximum absolute atomic E-state index is 12.8. The van der Waals surface area contributed by atoms with E-state index in [0.29, 0.717) is 17.3 Å². The fourth-order valence-corrected chi connectivity index (χ4v) is 3.06. The lowest BCUT2D eigenvalue weighted by Gasteiger charge is -2.16. The number of carbonyl (C=O) groups is 1. The minimum Gasteiger partial charge on any atom is -0.418 e. The predicted octanol–water partition coefficient (Wildman–Crippen LogP) is 5.02. The highest BCUT2D eigenvalue weighted by atomic mass is 79.9. The van der Waals surface area contributed by atoms with Gasteiger partial charge in [-0.25, -0.2) is 0 Å². The Morgan fingerprint density at radius 3 is 2.18 bits per heavy atom. The second-order valence-corrected chi connectivity index (χ2v) is 7.05. The number of amides is 1. The summed E-state index contributed by atoms with van der Waals surface area (Å²) >= 11 is 3.38. The van der Waals surface area contributed by atoms with Crippen molar-refractivity contribution in [2.24, 2.45) is 0 Å². The van der Waals surface area contributed by atoms with Gasteiger partial charge in [0.2, 0.25) is 11.8 Å². The molecule has 6 heteroatoms. The van der Waals surface area contributed by atoms with Crippen molar-refractivity contribution in [3.63, 3.8) is 0 Å². The summed E-state index contributed by atoms with van der Waals surface area (Å²) in [4.78, 5) is 12.8. The fraction of sp³-hybridized carbons (Fsp3) is 0.0455. The molecule has 0 spiro atoms. The van der Waals surface area contributed by atoms with E-state index in [1.54, 1.807) is 12.1 Å². The predicted molar refractivity (Wildman–Crippen MR) is 110 cm³/mol. The Labute approximate surface area is 170 Å². The van der Waals surface area contributed by atoms with E-state index in [-0.39, 0.29) is 5.91 Å². The number of nitrogens with one attached hydrogen (secondary N) is 1. The van der Waals surface area contributed by atoms with Crippen molar-refractivity contribution in [3.05, 3.63) is 106 Å². The van der Waals surface area contributed by atoms with E-state index in [2.05, 4.69) is 31.4 Å². The van der Waals surface area contributed by atoms with Crippen LogP contribution in [-0.2, 0) is 0 Å². The average molecular weight is 434 g/mol. The first-order chi connectivity index (χ1) is 13.7. The summed E-state index contributed by atoms with van der Waals surface area (Å²) in [6, 6.07) is 25.7. The first kappa shape index (κ1) is 18.1. The van der Waals surface area contributed by atoms with Gasteiger partial charge in [-0.15, -0.1) is 10.2 Å². The van der Waals surface area contributed by atoms with Crippen LogP contribution in [0.4, 0.5) is 0 Å². The maximum Gasteiger partial charge on any atom is 0.252 e. The Hall–Kier alpha value is -3.25. The standard InChI is InChI=1S/C22H16BrN3O2/c23-18-13-11-16(12-14-18)20(27)24-19(15-7-3-1-4-8-15)22-26-25-21(28-22)17-9-5-2-6-10-17/h1-14,19H,(H,24,27)/t19-/m1/s1. The number of nitrogens with zero attached hydrogens (tertiary/aromatic N) is 2. The number of carbonyl (C=O) groups excluding carboxylic acids is 1. The Balaban J connectivity index is 1.66. The molecule has 0 bridgehead atoms. The molecule has 0 saturated heterocycles. The molecule has 0 saturated carbocycles. The normalized spacial score (nSPS) is 11.8. The molecule has 0 radical (unpaired) electrons. The van der Waals surface area contributed by atoms with Gasteiger partial charge in [0, 0.05) is 15.6 Å². The highest BCUT2D eigenvalue weighted by Crippen LogP contribution is 2.25. The molecule has 28 heavy (non-hydrogen) atoms. The molecule has 5 nitrogen and oxygen atoms in total. The third-order valence-corrected chi connectivity index (χ3v) is 4.75. The van der Waals surface area contributed by atoms with Crippen LogP contribution in [0.15, 0.2) is 93.8 Å². The summed E-state index contributed by atoms with van der Waals surface area (Å²) in [5.41, 5.74) is 2.23. The van der Waals surface area contributed by atoms with Gasteiger partial charge in [0.05, 0.1) is 0 Å². The lowest BCUT2D eigenvalue weighted by molar-refractivity contribution is 0.0938. The van der Waals surface area contributed by atoms with Crippen molar-refractivity contribution in [2.75, 3.05) is 0 Å². The summed E-state index contributed by atoms with van der Waals surface area (Å²) < 4.78 is 6.81. The third-order valence-electron chi connectivity index (χ3n) is 4.22. The van der Waals surface area contributed by atoms with Gasteiger partial charge in [-0.1, -0.05) is 64.5 Å². The molecule has 4 rings (SSSR count). The van der Waals surface area contributed by atoms with Gasteiger partial charge in [0.15, 0.2) is 0 Å². The molecule has 138 valence electrons. The molecule has 1 N–H and O–H groups in total. The van der Waals surface area contributed by atoms with Gasteiger partial charge < -0.3 is 9.73 Å². The van der Waals surface area contributed by atoms with Crippen molar-refractivity contribution in [1.82, 2.24) is 15.5 Å². The molecule has 1 heterocycles. The smallest absolute Gasteiger partial charge is 0.252 e. The van der Waals surface area contributed by atoms with Crippen LogP contribution in [0.25, 0.3) is 11.5 Å². The summed E-state index contributed by atoms with van der Waals surface area (Å²) in [6.45, 7) is 0. The average Bonchev–Trinajstić information content (AvgIpc) is 3.23. The highest BCUT2D eigenvalue weighted by Gasteiger charge is 2.24. The number of benzene rings is 3. The summed E-state index contributed by atoms with van der Waals surface area (Å²) in [5, 5.41) is 11.3. The Bertz CT molecular complexity index is 1060. The maximum atomic E-state index is 12.8. The summed E-state index contributed by atoms with van der Waals surface area (Å²) in [5.74, 6) is 0.519. The van der Waals surface area contributed by atoms with E-state index in [0.717, 1.165) is 15.6 Å². The van der Waals surface area contributed by atoms with Crippen LogP contribution in [0, 0.1) is 0 Å². The van der Waals surface area contributed by atoms with Crippen LogP contribution in [0.5, 0.6) is 0 Å². The minimum atomic E-state index is -0.553. The van der Waals surface area contributed by atoms with Crippen molar-refractivity contribution in [2.45, 2.75) is 6.04 Å². The Morgan fingerprint density at radius 1 is 0.857 bits per heavy atom. The molecule has 4 aromatic rings. The molecule has 0 fully saturated rings. The quantitative estimate of drug-likeness (QED) is 0.479. The van der Waals surface area contributed by atoms with Crippen molar-refractivity contribution in [3.8, 4) is 11.5 Å². The zero-order chi connectivity index (χ0) is 19.3. The second kappa shape index (κ2) is 8.19. The number of halogens is 1. The Kier molecular flexibility index (Phi) is 5.30. The molecule has 0 aliphatic carbocycles.